The van der Waals surface area contributed by atoms with Gasteiger partial charge in [-0.1, -0.05) is 44.2 Å². The molecule has 2 rings (SSSR count). The number of nitrogens with zero attached hydrogens (tertiary/aromatic N) is 1. The van der Waals surface area contributed by atoms with Crippen LogP contribution in [0.4, 0.5) is 4.39 Å². The van der Waals surface area contributed by atoms with Crippen molar-refractivity contribution in [2.75, 3.05) is 26.2 Å². The zero-order valence-electron chi connectivity index (χ0n) is 14.3. The molecule has 0 aliphatic rings. The number of carbonyl (C=O) groups excluding carboxylic acids is 1. The number of benzene rings is 2. The molecule has 128 valence electrons. The number of Topliss-reactive ketones (excluding diaryl/α,β-unsaturated/α-hetero) is 1. The van der Waals surface area contributed by atoms with Crippen LogP contribution in [-0.2, 0) is 0 Å². The van der Waals surface area contributed by atoms with E-state index in [0.29, 0.717) is 12.1 Å². The Labute approximate surface area is 143 Å². The number of hydrogen-bond acceptors (Lipinski definition) is 3. The van der Waals surface area contributed by atoms with Crippen molar-refractivity contribution in [3.8, 4) is 0 Å². The Morgan fingerprint density at radius 3 is 2.25 bits per heavy atom. The standard InChI is InChI=1S/C20H25FN2O/c1-3-23(4-2)19(16-8-6-5-7-9-16)14-22-15-20(24)17-10-12-18(21)13-11-17/h5-13,19,22H,3-4,14-15H2,1-2H3. The Hall–Kier alpha value is -2.04. The molecule has 0 heterocycles. The van der Waals surface area contributed by atoms with Gasteiger partial charge in [0, 0.05) is 18.2 Å². The molecule has 0 aromatic heterocycles. The summed E-state index contributed by atoms with van der Waals surface area (Å²) in [6.45, 7) is 7.12. The summed E-state index contributed by atoms with van der Waals surface area (Å²) < 4.78 is 12.9. The van der Waals surface area contributed by atoms with E-state index < -0.39 is 0 Å². The molecule has 1 unspecified atom stereocenters. The molecule has 0 saturated carbocycles. The largest absolute Gasteiger partial charge is 0.308 e. The Bertz CT molecular complexity index is 624. The molecule has 0 aliphatic carbocycles. The monoisotopic (exact) mass is 328 g/mol. The van der Waals surface area contributed by atoms with E-state index in [1.54, 1.807) is 0 Å². The van der Waals surface area contributed by atoms with Gasteiger partial charge in [0.15, 0.2) is 5.78 Å². The maximum Gasteiger partial charge on any atom is 0.176 e. The summed E-state index contributed by atoms with van der Waals surface area (Å²) in [7, 11) is 0. The first-order valence-corrected chi connectivity index (χ1v) is 8.44. The number of likely N-dealkylation sites (N-methyl/N-ethyl adjacent to an activating group) is 1. The quantitative estimate of drug-likeness (QED) is 0.713. The van der Waals surface area contributed by atoms with E-state index in [9.17, 15) is 9.18 Å². The van der Waals surface area contributed by atoms with Gasteiger partial charge >= 0.3 is 0 Å². The van der Waals surface area contributed by atoms with Crippen LogP contribution in [0.3, 0.4) is 0 Å². The summed E-state index contributed by atoms with van der Waals surface area (Å²) in [5.41, 5.74) is 1.77. The van der Waals surface area contributed by atoms with Crippen molar-refractivity contribution in [3.05, 3.63) is 71.5 Å². The van der Waals surface area contributed by atoms with Crippen LogP contribution in [0, 0.1) is 5.82 Å². The highest BCUT2D eigenvalue weighted by Crippen LogP contribution is 2.19. The van der Waals surface area contributed by atoms with Crippen LogP contribution in [0.5, 0.6) is 0 Å². The zero-order chi connectivity index (χ0) is 17.4. The summed E-state index contributed by atoms with van der Waals surface area (Å²) >= 11 is 0. The van der Waals surface area contributed by atoms with Crippen molar-refractivity contribution in [2.45, 2.75) is 19.9 Å². The van der Waals surface area contributed by atoms with Crippen LogP contribution in [0.1, 0.15) is 35.8 Å². The van der Waals surface area contributed by atoms with Crippen molar-refractivity contribution in [1.82, 2.24) is 10.2 Å². The van der Waals surface area contributed by atoms with Gasteiger partial charge in [0.2, 0.25) is 0 Å². The van der Waals surface area contributed by atoms with E-state index in [0.717, 1.165) is 13.1 Å². The summed E-state index contributed by atoms with van der Waals surface area (Å²) in [6.07, 6.45) is 0. The van der Waals surface area contributed by atoms with Gasteiger partial charge in [0.25, 0.3) is 0 Å². The molecule has 0 fully saturated rings. The van der Waals surface area contributed by atoms with Gasteiger partial charge in [0.05, 0.1) is 6.54 Å². The molecule has 2 aromatic carbocycles. The zero-order valence-corrected chi connectivity index (χ0v) is 14.3. The van der Waals surface area contributed by atoms with Crippen molar-refractivity contribution >= 4 is 5.78 Å². The first kappa shape index (κ1) is 18.3. The maximum absolute atomic E-state index is 12.9. The predicted octanol–water partition coefficient (Wildman–Crippen LogP) is 3.68. The van der Waals surface area contributed by atoms with Crippen molar-refractivity contribution in [3.63, 3.8) is 0 Å². The molecule has 0 amide bonds. The third kappa shape index (κ3) is 4.98. The van der Waals surface area contributed by atoms with E-state index in [4.69, 9.17) is 0 Å². The molecule has 0 saturated heterocycles. The van der Waals surface area contributed by atoms with E-state index >= 15 is 0 Å². The average molecular weight is 328 g/mol. The Kier molecular flexibility index (Phi) is 7.09. The minimum absolute atomic E-state index is 0.0265. The van der Waals surface area contributed by atoms with Crippen LogP contribution in [-0.4, -0.2) is 36.9 Å². The van der Waals surface area contributed by atoms with Crippen molar-refractivity contribution in [2.24, 2.45) is 0 Å². The third-order valence-corrected chi connectivity index (χ3v) is 4.23. The number of rotatable bonds is 9. The summed E-state index contributed by atoms with van der Waals surface area (Å²) in [4.78, 5) is 14.6. The Morgan fingerprint density at radius 2 is 1.67 bits per heavy atom. The predicted molar refractivity (Wildman–Crippen MR) is 95.7 cm³/mol. The highest BCUT2D eigenvalue weighted by molar-refractivity contribution is 5.97. The summed E-state index contributed by atoms with van der Waals surface area (Å²) in [5.74, 6) is -0.355. The molecular formula is C20H25FN2O. The highest BCUT2D eigenvalue weighted by Gasteiger charge is 2.17. The lowest BCUT2D eigenvalue weighted by molar-refractivity contribution is 0.0987. The number of hydrogen-bond donors (Lipinski definition) is 1. The van der Waals surface area contributed by atoms with Gasteiger partial charge in [-0.25, -0.2) is 4.39 Å². The number of carbonyl (C=O) groups is 1. The smallest absolute Gasteiger partial charge is 0.176 e. The molecule has 2 aromatic rings. The average Bonchev–Trinajstić information content (AvgIpc) is 2.62. The molecular weight excluding hydrogens is 303 g/mol. The lowest BCUT2D eigenvalue weighted by Crippen LogP contribution is -2.37. The van der Waals surface area contributed by atoms with E-state index in [2.05, 4.69) is 36.2 Å². The number of ketones is 1. The molecule has 0 bridgehead atoms. The second-order valence-electron chi connectivity index (χ2n) is 5.71. The van der Waals surface area contributed by atoms with E-state index in [-0.39, 0.29) is 24.2 Å². The van der Waals surface area contributed by atoms with Crippen LogP contribution < -0.4 is 5.32 Å². The molecule has 0 aliphatic heterocycles. The summed E-state index contributed by atoms with van der Waals surface area (Å²) in [5, 5.41) is 3.26. The normalized spacial score (nSPS) is 12.3. The Morgan fingerprint density at radius 1 is 1.04 bits per heavy atom. The van der Waals surface area contributed by atoms with E-state index in [1.807, 2.05) is 18.2 Å². The first-order chi connectivity index (χ1) is 11.7. The van der Waals surface area contributed by atoms with Crippen molar-refractivity contribution < 1.29 is 9.18 Å². The van der Waals surface area contributed by atoms with Crippen LogP contribution >= 0.6 is 0 Å². The highest BCUT2D eigenvalue weighted by atomic mass is 19.1. The number of halogens is 1. The topological polar surface area (TPSA) is 32.3 Å². The van der Waals surface area contributed by atoms with Gasteiger partial charge in [-0.3, -0.25) is 9.69 Å². The number of nitrogens with one attached hydrogen (secondary N) is 1. The molecule has 4 heteroatoms. The lowest BCUT2D eigenvalue weighted by Gasteiger charge is -2.30. The van der Waals surface area contributed by atoms with Gasteiger partial charge in [0.1, 0.15) is 5.82 Å². The lowest BCUT2D eigenvalue weighted by atomic mass is 10.0. The van der Waals surface area contributed by atoms with Gasteiger partial charge in [-0.05, 0) is 42.9 Å². The fourth-order valence-electron chi connectivity index (χ4n) is 2.86. The van der Waals surface area contributed by atoms with Gasteiger partial charge < -0.3 is 5.32 Å². The molecule has 3 nitrogen and oxygen atoms in total. The maximum atomic E-state index is 12.9. The van der Waals surface area contributed by atoms with Crippen LogP contribution in [0.15, 0.2) is 54.6 Å². The fraction of sp³-hybridized carbons (Fsp3) is 0.350. The molecule has 0 radical (unpaired) electrons. The first-order valence-electron chi connectivity index (χ1n) is 8.44. The van der Waals surface area contributed by atoms with Crippen LogP contribution in [0.2, 0.25) is 0 Å². The van der Waals surface area contributed by atoms with Gasteiger partial charge in [-0.15, -0.1) is 0 Å². The fourth-order valence-corrected chi connectivity index (χ4v) is 2.86. The SMILES string of the molecule is CCN(CC)C(CNCC(=O)c1ccc(F)cc1)c1ccccc1. The van der Waals surface area contributed by atoms with Crippen LogP contribution in [0.25, 0.3) is 0 Å². The molecule has 1 atom stereocenters. The summed E-state index contributed by atoms with van der Waals surface area (Å²) in [6, 6.07) is 16.2. The molecule has 0 spiro atoms. The molecule has 24 heavy (non-hydrogen) atoms. The van der Waals surface area contributed by atoms with Gasteiger partial charge in [-0.2, -0.15) is 0 Å². The second-order valence-corrected chi connectivity index (χ2v) is 5.71. The molecule has 1 N–H and O–H groups in total. The van der Waals surface area contributed by atoms with E-state index in [1.165, 1.54) is 29.8 Å². The van der Waals surface area contributed by atoms with Crippen molar-refractivity contribution in [1.29, 1.82) is 0 Å². The second kappa shape index (κ2) is 9.30. The minimum atomic E-state index is -0.329. The minimum Gasteiger partial charge on any atom is -0.308 e. The third-order valence-electron chi connectivity index (χ3n) is 4.23. The Balaban J connectivity index is 1.97.